The first kappa shape index (κ1) is 8.18. The summed E-state index contributed by atoms with van der Waals surface area (Å²) in [5.74, 6) is 1.33. The molecule has 2 nitrogen and oxygen atoms in total. The Morgan fingerprint density at radius 3 is 2.82 bits per heavy atom. The van der Waals surface area contributed by atoms with Crippen LogP contribution < -0.4 is 0 Å². The van der Waals surface area contributed by atoms with Gasteiger partial charge in [-0.15, -0.1) is 0 Å². The van der Waals surface area contributed by atoms with Gasteiger partial charge in [0.1, 0.15) is 5.82 Å². The second-order valence-corrected chi connectivity index (χ2v) is 2.83. The van der Waals surface area contributed by atoms with Crippen LogP contribution in [0.4, 0.5) is 0 Å². The minimum absolute atomic E-state index is 0.412. The van der Waals surface area contributed by atoms with Crippen molar-refractivity contribution in [2.75, 3.05) is 0 Å². The Morgan fingerprint density at radius 2 is 2.27 bits per heavy atom. The van der Waals surface area contributed by atoms with Crippen molar-refractivity contribution in [2.45, 2.75) is 33.1 Å². The lowest BCUT2D eigenvalue weighted by molar-refractivity contribution is 0.757. The fourth-order valence-electron chi connectivity index (χ4n) is 0.832. The van der Waals surface area contributed by atoms with Gasteiger partial charge in [0, 0.05) is 18.2 Å². The Balaban J connectivity index is 2.91. The number of aromatic nitrogens is 2. The lowest BCUT2D eigenvalue weighted by Crippen LogP contribution is -1.99. The molecule has 0 N–H and O–H groups in total. The van der Waals surface area contributed by atoms with Crippen molar-refractivity contribution in [3.63, 3.8) is 0 Å². The van der Waals surface area contributed by atoms with Gasteiger partial charge < -0.3 is 0 Å². The van der Waals surface area contributed by atoms with Gasteiger partial charge in [-0.05, 0) is 6.42 Å². The Bertz CT molecular complexity index is 231. The van der Waals surface area contributed by atoms with Crippen LogP contribution in [0.2, 0.25) is 0 Å². The van der Waals surface area contributed by atoms with Crippen molar-refractivity contribution in [1.82, 2.24) is 9.97 Å². The molecule has 0 saturated heterocycles. The summed E-state index contributed by atoms with van der Waals surface area (Å²) in [4.78, 5) is 8.44. The van der Waals surface area contributed by atoms with Crippen molar-refractivity contribution < 1.29 is 0 Å². The van der Waals surface area contributed by atoms with Crippen LogP contribution in [-0.2, 0) is 6.42 Å². The van der Waals surface area contributed by atoms with E-state index in [4.69, 9.17) is 0 Å². The molecule has 0 fully saturated rings. The smallest absolute Gasteiger partial charge is 0.131 e. The first-order chi connectivity index (χ1) is 5.24. The zero-order chi connectivity index (χ0) is 8.27. The van der Waals surface area contributed by atoms with Gasteiger partial charge in [0.05, 0.1) is 5.69 Å². The molecule has 0 spiro atoms. The van der Waals surface area contributed by atoms with E-state index in [0.717, 1.165) is 17.9 Å². The Labute approximate surface area is 67.7 Å². The van der Waals surface area contributed by atoms with E-state index in [-0.39, 0.29) is 0 Å². The van der Waals surface area contributed by atoms with Crippen LogP contribution in [0.1, 0.15) is 38.2 Å². The Morgan fingerprint density at radius 1 is 1.55 bits per heavy atom. The van der Waals surface area contributed by atoms with Crippen molar-refractivity contribution in [3.8, 4) is 0 Å². The average Bonchev–Trinajstić information content (AvgIpc) is 2.05. The number of hydrogen-bond donors (Lipinski definition) is 0. The Kier molecular flexibility index (Phi) is 2.58. The molecule has 1 rings (SSSR count). The van der Waals surface area contributed by atoms with Crippen LogP contribution in [0, 0.1) is 6.07 Å². The van der Waals surface area contributed by atoms with E-state index >= 15 is 0 Å². The highest BCUT2D eigenvalue weighted by atomic mass is 14.9. The molecule has 0 bridgehead atoms. The molecular weight excluding hydrogens is 136 g/mol. The molecule has 1 heterocycles. The highest BCUT2D eigenvalue weighted by Crippen LogP contribution is 2.07. The molecule has 0 aliphatic heterocycles. The molecular formula is C9H13N2. The second-order valence-electron chi connectivity index (χ2n) is 2.83. The summed E-state index contributed by atoms with van der Waals surface area (Å²) < 4.78 is 0. The first-order valence-corrected chi connectivity index (χ1v) is 3.97. The van der Waals surface area contributed by atoms with E-state index in [2.05, 4.69) is 36.8 Å². The average molecular weight is 149 g/mol. The van der Waals surface area contributed by atoms with E-state index in [1.807, 2.05) is 0 Å². The molecule has 0 amide bonds. The molecule has 1 aromatic rings. The maximum absolute atomic E-state index is 4.32. The molecule has 0 aliphatic carbocycles. The maximum atomic E-state index is 4.32. The van der Waals surface area contributed by atoms with Crippen molar-refractivity contribution >= 4 is 0 Å². The van der Waals surface area contributed by atoms with Gasteiger partial charge in [-0.1, -0.05) is 20.8 Å². The van der Waals surface area contributed by atoms with E-state index in [1.165, 1.54) is 0 Å². The van der Waals surface area contributed by atoms with E-state index in [1.54, 1.807) is 6.20 Å². The van der Waals surface area contributed by atoms with Crippen LogP contribution in [0.5, 0.6) is 0 Å². The van der Waals surface area contributed by atoms with Crippen LogP contribution in [-0.4, -0.2) is 9.97 Å². The first-order valence-electron chi connectivity index (χ1n) is 3.97. The molecule has 2 heteroatoms. The van der Waals surface area contributed by atoms with Crippen molar-refractivity contribution in [1.29, 1.82) is 0 Å². The third-order valence-electron chi connectivity index (χ3n) is 1.53. The predicted octanol–water partition coefficient (Wildman–Crippen LogP) is 1.96. The molecule has 0 saturated carbocycles. The molecule has 0 atom stereocenters. The minimum atomic E-state index is 0.412. The molecule has 0 unspecified atom stereocenters. The summed E-state index contributed by atoms with van der Waals surface area (Å²) in [7, 11) is 0. The fraction of sp³-hybridized carbons (Fsp3) is 0.556. The van der Waals surface area contributed by atoms with Crippen molar-refractivity contribution in [2.24, 2.45) is 0 Å². The Hall–Kier alpha value is -0.920. The molecule has 11 heavy (non-hydrogen) atoms. The van der Waals surface area contributed by atoms with Crippen LogP contribution in [0.25, 0.3) is 0 Å². The number of aryl methyl sites for hydroxylation is 1. The molecule has 0 aliphatic rings. The van der Waals surface area contributed by atoms with E-state index in [9.17, 15) is 0 Å². The van der Waals surface area contributed by atoms with Gasteiger partial charge in [0.2, 0.25) is 0 Å². The lowest BCUT2D eigenvalue weighted by Gasteiger charge is -2.03. The fourth-order valence-corrected chi connectivity index (χ4v) is 0.832. The number of rotatable bonds is 2. The summed E-state index contributed by atoms with van der Waals surface area (Å²) >= 11 is 0. The largest absolute Gasteiger partial charge is 0.240 e. The molecule has 59 valence electrons. The quantitative estimate of drug-likeness (QED) is 0.642. The summed E-state index contributed by atoms with van der Waals surface area (Å²) in [6.07, 6.45) is 2.64. The zero-order valence-electron chi connectivity index (χ0n) is 7.26. The van der Waals surface area contributed by atoms with Gasteiger partial charge in [0.15, 0.2) is 0 Å². The summed E-state index contributed by atoms with van der Waals surface area (Å²) in [5, 5.41) is 0. The molecule has 1 radical (unpaired) electrons. The van der Waals surface area contributed by atoms with Crippen LogP contribution in [0.3, 0.4) is 0 Å². The molecule has 1 aromatic heterocycles. The summed E-state index contributed by atoms with van der Waals surface area (Å²) in [6, 6.07) is 2.99. The second kappa shape index (κ2) is 3.46. The van der Waals surface area contributed by atoms with Gasteiger partial charge in [-0.25, -0.2) is 9.97 Å². The summed E-state index contributed by atoms with van der Waals surface area (Å²) in [5.41, 5.74) is 1.00. The van der Waals surface area contributed by atoms with Crippen molar-refractivity contribution in [3.05, 3.63) is 23.8 Å². The van der Waals surface area contributed by atoms with Gasteiger partial charge in [-0.2, -0.15) is 0 Å². The predicted molar refractivity (Wildman–Crippen MR) is 44.3 cm³/mol. The molecule has 0 aromatic carbocycles. The topological polar surface area (TPSA) is 25.8 Å². The SMILES string of the molecule is CCc1[c]cnc(C(C)C)n1. The maximum Gasteiger partial charge on any atom is 0.131 e. The number of nitrogens with zero attached hydrogens (tertiary/aromatic N) is 2. The van der Waals surface area contributed by atoms with E-state index in [0.29, 0.717) is 5.92 Å². The van der Waals surface area contributed by atoms with Gasteiger partial charge in [-0.3, -0.25) is 0 Å². The lowest BCUT2D eigenvalue weighted by atomic mass is 10.2. The van der Waals surface area contributed by atoms with Gasteiger partial charge in [0.25, 0.3) is 0 Å². The van der Waals surface area contributed by atoms with E-state index < -0.39 is 0 Å². The minimum Gasteiger partial charge on any atom is -0.240 e. The highest BCUT2D eigenvalue weighted by molar-refractivity contribution is 5.02. The highest BCUT2D eigenvalue weighted by Gasteiger charge is 2.01. The third-order valence-corrected chi connectivity index (χ3v) is 1.53. The van der Waals surface area contributed by atoms with Crippen LogP contribution >= 0.6 is 0 Å². The van der Waals surface area contributed by atoms with Gasteiger partial charge >= 0.3 is 0 Å². The normalized spacial score (nSPS) is 10.5. The zero-order valence-corrected chi connectivity index (χ0v) is 7.26. The number of hydrogen-bond acceptors (Lipinski definition) is 2. The third kappa shape index (κ3) is 2.00. The standard InChI is InChI=1S/C9H13N2/c1-4-8-5-6-10-9(11-8)7(2)3/h6-7H,4H2,1-3H3. The van der Waals surface area contributed by atoms with Crippen LogP contribution in [0.15, 0.2) is 6.20 Å². The summed E-state index contributed by atoms with van der Waals surface area (Å²) in [6.45, 7) is 6.26. The monoisotopic (exact) mass is 149 g/mol.